The minimum absolute atomic E-state index is 0.313. The minimum Gasteiger partial charge on any atom is -0.497 e. The molecule has 23 heavy (non-hydrogen) atoms. The lowest BCUT2D eigenvalue weighted by Crippen LogP contribution is -2.57. The van der Waals surface area contributed by atoms with Crippen molar-refractivity contribution in [2.45, 2.75) is 24.1 Å². The lowest BCUT2D eigenvalue weighted by atomic mass is 9.95. The zero-order valence-electron chi connectivity index (χ0n) is 13.8. The number of hydrogen-bond acceptors (Lipinski definition) is 5. The van der Waals surface area contributed by atoms with E-state index < -0.39 is 14.6 Å². The summed E-state index contributed by atoms with van der Waals surface area (Å²) in [6, 6.07) is 7.42. The maximum Gasteiger partial charge on any atom is 0.244 e. The Morgan fingerprint density at radius 3 is 2.57 bits per heavy atom. The van der Waals surface area contributed by atoms with Crippen LogP contribution in [0.4, 0.5) is 0 Å². The van der Waals surface area contributed by atoms with Crippen molar-refractivity contribution in [3.63, 3.8) is 0 Å². The summed E-state index contributed by atoms with van der Waals surface area (Å²) < 4.78 is 28.5. The predicted octanol–water partition coefficient (Wildman–Crippen LogP) is 0.820. The number of ether oxygens (including phenoxy) is 1. The van der Waals surface area contributed by atoms with Gasteiger partial charge in [0.05, 0.1) is 7.11 Å². The molecule has 0 unspecified atom stereocenters. The van der Waals surface area contributed by atoms with Crippen LogP contribution in [0.15, 0.2) is 24.3 Å². The molecule has 1 saturated heterocycles. The SMILES string of the molecule is COc1cccc(CN(C)C(=O)C2(S(C)(=O)=O)CCNCC2)c1. The lowest BCUT2D eigenvalue weighted by Gasteiger charge is -2.37. The van der Waals surface area contributed by atoms with E-state index in [1.54, 1.807) is 14.2 Å². The fourth-order valence-corrected chi connectivity index (χ4v) is 4.46. The topological polar surface area (TPSA) is 75.7 Å². The predicted molar refractivity (Wildman–Crippen MR) is 89.1 cm³/mol. The van der Waals surface area contributed by atoms with Gasteiger partial charge in [0, 0.05) is 19.8 Å². The highest BCUT2D eigenvalue weighted by atomic mass is 32.2. The molecule has 0 aliphatic carbocycles. The highest BCUT2D eigenvalue weighted by molar-refractivity contribution is 7.92. The Kier molecular flexibility index (Phi) is 5.31. The van der Waals surface area contributed by atoms with E-state index >= 15 is 0 Å². The number of nitrogens with zero attached hydrogens (tertiary/aromatic N) is 1. The van der Waals surface area contributed by atoms with Crippen molar-refractivity contribution in [1.82, 2.24) is 10.2 Å². The molecule has 1 aromatic carbocycles. The zero-order chi connectivity index (χ0) is 17.1. The first-order valence-corrected chi connectivity index (χ1v) is 9.48. The Morgan fingerprint density at radius 2 is 2.00 bits per heavy atom. The molecule has 0 saturated carbocycles. The molecule has 1 amide bonds. The molecule has 1 fully saturated rings. The standard InChI is InChI=1S/C16H24N2O4S/c1-18(12-13-5-4-6-14(11-13)22-2)15(19)16(23(3,20)21)7-9-17-10-8-16/h4-6,11,17H,7-10,12H2,1-3H3. The van der Waals surface area contributed by atoms with E-state index in [9.17, 15) is 13.2 Å². The van der Waals surface area contributed by atoms with Gasteiger partial charge in [-0.1, -0.05) is 12.1 Å². The number of piperidine rings is 1. The van der Waals surface area contributed by atoms with E-state index in [4.69, 9.17) is 4.74 Å². The lowest BCUT2D eigenvalue weighted by molar-refractivity contribution is -0.134. The monoisotopic (exact) mass is 340 g/mol. The smallest absolute Gasteiger partial charge is 0.244 e. The van der Waals surface area contributed by atoms with Crippen molar-refractivity contribution in [3.05, 3.63) is 29.8 Å². The van der Waals surface area contributed by atoms with Crippen LogP contribution in [0.1, 0.15) is 18.4 Å². The minimum atomic E-state index is -3.49. The molecule has 1 aromatic rings. The second-order valence-electron chi connectivity index (χ2n) is 6.03. The average Bonchev–Trinajstić information content (AvgIpc) is 2.54. The van der Waals surface area contributed by atoms with Gasteiger partial charge in [0.1, 0.15) is 5.75 Å². The number of carbonyl (C=O) groups excluding carboxylic acids is 1. The third-order valence-corrected chi connectivity index (χ3v) is 6.41. The van der Waals surface area contributed by atoms with Gasteiger partial charge in [-0.25, -0.2) is 8.42 Å². The first kappa shape index (κ1) is 17.7. The van der Waals surface area contributed by atoms with Crippen LogP contribution in [0, 0.1) is 0 Å². The molecule has 0 spiro atoms. The highest BCUT2D eigenvalue weighted by Gasteiger charge is 2.49. The Hall–Kier alpha value is -1.60. The maximum atomic E-state index is 12.9. The van der Waals surface area contributed by atoms with Crippen molar-refractivity contribution in [2.75, 3.05) is 33.5 Å². The molecule has 0 aromatic heterocycles. The number of methoxy groups -OCH3 is 1. The van der Waals surface area contributed by atoms with Crippen molar-refractivity contribution in [2.24, 2.45) is 0 Å². The molecule has 0 atom stereocenters. The van der Waals surface area contributed by atoms with Gasteiger partial charge in [0.25, 0.3) is 0 Å². The molecule has 1 heterocycles. The molecule has 128 valence electrons. The van der Waals surface area contributed by atoms with Gasteiger partial charge in [-0.3, -0.25) is 4.79 Å². The van der Waals surface area contributed by atoms with Gasteiger partial charge in [-0.2, -0.15) is 0 Å². The molecule has 1 N–H and O–H groups in total. The van der Waals surface area contributed by atoms with Crippen LogP contribution < -0.4 is 10.1 Å². The third-order valence-electron chi connectivity index (χ3n) is 4.41. The van der Waals surface area contributed by atoms with Crippen LogP contribution in [0.5, 0.6) is 5.75 Å². The summed E-state index contributed by atoms with van der Waals surface area (Å²) in [7, 11) is -0.258. The van der Waals surface area contributed by atoms with E-state index in [2.05, 4.69) is 5.32 Å². The van der Waals surface area contributed by atoms with Gasteiger partial charge in [-0.05, 0) is 43.6 Å². The van der Waals surface area contributed by atoms with Gasteiger partial charge < -0.3 is 15.0 Å². The van der Waals surface area contributed by atoms with Crippen LogP contribution in [0.3, 0.4) is 0 Å². The summed E-state index contributed by atoms with van der Waals surface area (Å²) in [4.78, 5) is 14.4. The van der Waals surface area contributed by atoms with E-state index in [1.807, 2.05) is 24.3 Å². The molecule has 0 radical (unpaired) electrons. The highest BCUT2D eigenvalue weighted by Crippen LogP contribution is 2.30. The Balaban J connectivity index is 2.22. The summed E-state index contributed by atoms with van der Waals surface area (Å²) in [6.45, 7) is 1.42. The number of nitrogens with one attached hydrogen (secondary N) is 1. The number of sulfone groups is 1. The molecule has 1 aliphatic heterocycles. The van der Waals surface area contributed by atoms with E-state index in [0.717, 1.165) is 11.8 Å². The molecule has 1 aliphatic rings. The average molecular weight is 340 g/mol. The van der Waals surface area contributed by atoms with Crippen molar-refractivity contribution >= 4 is 15.7 Å². The van der Waals surface area contributed by atoms with Crippen molar-refractivity contribution in [3.8, 4) is 5.75 Å². The van der Waals surface area contributed by atoms with E-state index in [1.165, 1.54) is 4.90 Å². The first-order valence-electron chi connectivity index (χ1n) is 7.59. The largest absolute Gasteiger partial charge is 0.497 e. The number of benzene rings is 1. The van der Waals surface area contributed by atoms with Crippen molar-refractivity contribution in [1.29, 1.82) is 0 Å². The van der Waals surface area contributed by atoms with Crippen LogP contribution >= 0.6 is 0 Å². The zero-order valence-corrected chi connectivity index (χ0v) is 14.6. The first-order chi connectivity index (χ1) is 10.8. The Bertz CT molecular complexity index is 666. The number of rotatable bonds is 5. The number of hydrogen-bond donors (Lipinski definition) is 1. The summed E-state index contributed by atoms with van der Waals surface area (Å²) in [6.07, 6.45) is 1.79. The van der Waals surface area contributed by atoms with Crippen LogP contribution in [0.2, 0.25) is 0 Å². The molecule has 2 rings (SSSR count). The van der Waals surface area contributed by atoms with Crippen LogP contribution in [-0.4, -0.2) is 57.5 Å². The molecular formula is C16H24N2O4S. The van der Waals surface area contributed by atoms with Gasteiger partial charge in [0.15, 0.2) is 14.6 Å². The number of amides is 1. The summed E-state index contributed by atoms with van der Waals surface area (Å²) in [5.74, 6) is 0.382. The third kappa shape index (κ3) is 3.67. The molecule has 6 nitrogen and oxygen atoms in total. The number of carbonyl (C=O) groups is 1. The van der Waals surface area contributed by atoms with E-state index in [0.29, 0.717) is 38.2 Å². The summed E-state index contributed by atoms with van der Waals surface area (Å²) in [5.41, 5.74) is 0.901. The van der Waals surface area contributed by atoms with E-state index in [-0.39, 0.29) is 5.91 Å². The van der Waals surface area contributed by atoms with Crippen LogP contribution in [-0.2, 0) is 21.2 Å². The van der Waals surface area contributed by atoms with Gasteiger partial charge >= 0.3 is 0 Å². The van der Waals surface area contributed by atoms with Gasteiger partial charge in [-0.15, -0.1) is 0 Å². The molecular weight excluding hydrogens is 316 g/mol. The molecule has 0 bridgehead atoms. The maximum absolute atomic E-state index is 12.9. The second-order valence-corrected chi connectivity index (χ2v) is 8.36. The van der Waals surface area contributed by atoms with Gasteiger partial charge in [0.2, 0.25) is 5.91 Å². The van der Waals surface area contributed by atoms with Crippen LogP contribution in [0.25, 0.3) is 0 Å². The fraction of sp³-hybridized carbons (Fsp3) is 0.562. The second kappa shape index (κ2) is 6.88. The van der Waals surface area contributed by atoms with Crippen molar-refractivity contribution < 1.29 is 17.9 Å². The summed E-state index contributed by atoms with van der Waals surface area (Å²) in [5, 5.41) is 3.12. The normalized spacial score (nSPS) is 17.5. The Morgan fingerprint density at radius 1 is 1.35 bits per heavy atom. The quantitative estimate of drug-likeness (QED) is 0.859. The Labute approximate surface area is 137 Å². The summed E-state index contributed by atoms with van der Waals surface area (Å²) >= 11 is 0. The fourth-order valence-electron chi connectivity index (χ4n) is 3.04. The molecule has 7 heteroatoms.